The molecule has 1 aromatic rings. The Hall–Kier alpha value is -1.78. The number of carbonyl (C=O) groups is 2. The van der Waals surface area contributed by atoms with E-state index in [1.54, 1.807) is 12.1 Å². The van der Waals surface area contributed by atoms with Gasteiger partial charge < -0.3 is 9.47 Å². The number of halogens is 2. The molecule has 2 aliphatic carbocycles. The van der Waals surface area contributed by atoms with E-state index in [0.29, 0.717) is 69.7 Å². The SMILES string of the molecule is COc1c(Cl)cc(Cl)cc1C1C2=C(CCCC2=O)OC2=C1C(=O)CCC2. The largest absolute Gasteiger partial charge is 0.495 e. The minimum Gasteiger partial charge on any atom is -0.495 e. The van der Waals surface area contributed by atoms with Crippen LogP contribution in [-0.2, 0) is 14.3 Å². The molecule has 0 radical (unpaired) electrons. The quantitative estimate of drug-likeness (QED) is 0.699. The van der Waals surface area contributed by atoms with Crippen molar-refractivity contribution in [2.45, 2.75) is 44.4 Å². The van der Waals surface area contributed by atoms with Gasteiger partial charge in [0.25, 0.3) is 0 Å². The lowest BCUT2D eigenvalue weighted by Crippen LogP contribution is -2.30. The van der Waals surface area contributed by atoms with Crippen molar-refractivity contribution in [1.82, 2.24) is 0 Å². The minimum atomic E-state index is -0.527. The van der Waals surface area contributed by atoms with Crippen LogP contribution >= 0.6 is 23.2 Å². The van der Waals surface area contributed by atoms with Crippen LogP contribution in [0.3, 0.4) is 0 Å². The Bertz CT molecular complexity index is 840. The number of ether oxygens (including phenoxy) is 2. The molecule has 1 heterocycles. The highest BCUT2D eigenvalue weighted by atomic mass is 35.5. The predicted molar refractivity (Wildman–Crippen MR) is 98.6 cm³/mol. The number of hydrogen-bond acceptors (Lipinski definition) is 4. The average Bonchev–Trinajstić information content (AvgIpc) is 2.60. The molecule has 4 rings (SSSR count). The van der Waals surface area contributed by atoms with Crippen LogP contribution in [-0.4, -0.2) is 18.7 Å². The molecule has 26 heavy (non-hydrogen) atoms. The highest BCUT2D eigenvalue weighted by Gasteiger charge is 2.43. The van der Waals surface area contributed by atoms with Gasteiger partial charge in [-0.15, -0.1) is 0 Å². The third-order valence-electron chi connectivity index (χ3n) is 5.19. The Balaban J connectivity index is 1.99. The summed E-state index contributed by atoms with van der Waals surface area (Å²) < 4.78 is 11.5. The van der Waals surface area contributed by atoms with Gasteiger partial charge in [0.15, 0.2) is 11.6 Å². The van der Waals surface area contributed by atoms with Crippen LogP contribution in [0.25, 0.3) is 0 Å². The molecule has 0 atom stereocenters. The van der Waals surface area contributed by atoms with E-state index in [1.165, 1.54) is 7.11 Å². The third kappa shape index (κ3) is 2.76. The van der Waals surface area contributed by atoms with E-state index in [9.17, 15) is 9.59 Å². The van der Waals surface area contributed by atoms with Crippen molar-refractivity contribution in [3.63, 3.8) is 0 Å². The molecule has 1 aromatic carbocycles. The molecule has 0 saturated heterocycles. The summed E-state index contributed by atoms with van der Waals surface area (Å²) >= 11 is 12.6. The van der Waals surface area contributed by atoms with Crippen LogP contribution in [0.4, 0.5) is 0 Å². The van der Waals surface area contributed by atoms with Gasteiger partial charge in [-0.25, -0.2) is 0 Å². The number of ketones is 2. The number of benzene rings is 1. The Morgan fingerprint density at radius 1 is 0.962 bits per heavy atom. The summed E-state index contributed by atoms with van der Waals surface area (Å²) in [6, 6.07) is 3.34. The van der Waals surface area contributed by atoms with Gasteiger partial charge in [0, 0.05) is 47.4 Å². The standard InChI is InChI=1S/C20H18Cl2O4/c1-25-20-11(8-10(21)9-12(20)22)17-18-13(23)4-2-6-15(18)26-16-7-3-5-14(24)19(16)17/h8-9,17H,2-7H2,1H3. The van der Waals surface area contributed by atoms with Crippen molar-refractivity contribution in [2.24, 2.45) is 0 Å². The molecule has 0 unspecified atom stereocenters. The topological polar surface area (TPSA) is 52.6 Å². The fraction of sp³-hybridized carbons (Fsp3) is 0.400. The summed E-state index contributed by atoms with van der Waals surface area (Å²) in [5.41, 5.74) is 1.77. The molecule has 3 aliphatic rings. The lowest BCUT2D eigenvalue weighted by Gasteiger charge is -2.36. The normalized spacial score (nSPS) is 20.7. The van der Waals surface area contributed by atoms with Gasteiger partial charge in [0.05, 0.1) is 18.1 Å². The maximum absolute atomic E-state index is 12.8. The van der Waals surface area contributed by atoms with Gasteiger partial charge in [0.1, 0.15) is 17.3 Å². The van der Waals surface area contributed by atoms with Crippen LogP contribution in [0.1, 0.15) is 50.0 Å². The second kappa shape index (κ2) is 6.75. The fourth-order valence-electron chi connectivity index (χ4n) is 4.14. The number of Topliss-reactive ketones (excluding diaryl/α,β-unsaturated/α-hetero) is 2. The highest BCUT2D eigenvalue weighted by Crippen LogP contribution is 2.51. The Labute approximate surface area is 161 Å². The monoisotopic (exact) mass is 392 g/mol. The Kier molecular flexibility index (Phi) is 4.57. The summed E-state index contributed by atoms with van der Waals surface area (Å²) in [6.07, 6.45) is 3.80. The smallest absolute Gasteiger partial charge is 0.163 e. The van der Waals surface area contributed by atoms with Crippen molar-refractivity contribution < 1.29 is 19.1 Å². The summed E-state index contributed by atoms with van der Waals surface area (Å²) in [5, 5.41) is 0.797. The van der Waals surface area contributed by atoms with Gasteiger partial charge in [-0.05, 0) is 25.0 Å². The number of carbonyl (C=O) groups excluding carboxylic acids is 2. The maximum atomic E-state index is 12.8. The number of rotatable bonds is 2. The van der Waals surface area contributed by atoms with Crippen molar-refractivity contribution in [3.8, 4) is 5.75 Å². The first-order valence-corrected chi connectivity index (χ1v) is 9.50. The first-order chi connectivity index (χ1) is 12.5. The molecule has 0 fully saturated rings. The summed E-state index contributed by atoms with van der Waals surface area (Å²) in [4.78, 5) is 25.6. The highest BCUT2D eigenvalue weighted by molar-refractivity contribution is 6.35. The van der Waals surface area contributed by atoms with Crippen LogP contribution in [0.15, 0.2) is 34.8 Å². The Morgan fingerprint density at radius 3 is 2.08 bits per heavy atom. The van der Waals surface area contributed by atoms with Crippen molar-refractivity contribution >= 4 is 34.8 Å². The fourth-order valence-corrected chi connectivity index (χ4v) is 4.73. The molecule has 6 heteroatoms. The lowest BCUT2D eigenvalue weighted by atomic mass is 9.73. The lowest BCUT2D eigenvalue weighted by molar-refractivity contribution is -0.117. The first kappa shape index (κ1) is 17.6. The summed E-state index contributed by atoms with van der Waals surface area (Å²) in [7, 11) is 1.52. The maximum Gasteiger partial charge on any atom is 0.163 e. The summed E-state index contributed by atoms with van der Waals surface area (Å²) in [6.45, 7) is 0. The molecule has 4 nitrogen and oxygen atoms in total. The molecule has 0 amide bonds. The molecular formula is C20H18Cl2O4. The zero-order chi connectivity index (χ0) is 18.4. The van der Waals surface area contributed by atoms with E-state index >= 15 is 0 Å². The van der Waals surface area contributed by atoms with Crippen molar-refractivity contribution in [2.75, 3.05) is 7.11 Å². The number of allylic oxidation sites excluding steroid dienone is 4. The third-order valence-corrected chi connectivity index (χ3v) is 5.69. The molecule has 0 bridgehead atoms. The van der Waals surface area contributed by atoms with Crippen LogP contribution in [0.5, 0.6) is 5.75 Å². The number of methoxy groups -OCH3 is 1. The zero-order valence-electron chi connectivity index (χ0n) is 14.4. The molecule has 0 saturated carbocycles. The summed E-state index contributed by atoms with van der Waals surface area (Å²) in [5.74, 6) is 1.30. The van der Waals surface area contributed by atoms with Crippen LogP contribution in [0.2, 0.25) is 10.0 Å². The van der Waals surface area contributed by atoms with Crippen molar-refractivity contribution in [3.05, 3.63) is 50.4 Å². The van der Waals surface area contributed by atoms with E-state index in [0.717, 1.165) is 12.8 Å². The van der Waals surface area contributed by atoms with E-state index in [2.05, 4.69) is 0 Å². The molecule has 0 N–H and O–H groups in total. The van der Waals surface area contributed by atoms with Gasteiger partial charge >= 0.3 is 0 Å². The van der Waals surface area contributed by atoms with E-state index < -0.39 is 5.92 Å². The van der Waals surface area contributed by atoms with Crippen LogP contribution < -0.4 is 4.74 Å². The molecule has 1 aliphatic heterocycles. The van der Waals surface area contributed by atoms with Crippen LogP contribution in [0, 0.1) is 0 Å². The predicted octanol–water partition coefficient (Wildman–Crippen LogP) is 5.13. The minimum absolute atomic E-state index is 0.0133. The molecular weight excluding hydrogens is 375 g/mol. The second-order valence-corrected chi connectivity index (χ2v) is 7.62. The van der Waals surface area contributed by atoms with E-state index in [4.69, 9.17) is 32.7 Å². The average molecular weight is 393 g/mol. The second-order valence-electron chi connectivity index (χ2n) is 6.77. The van der Waals surface area contributed by atoms with Gasteiger partial charge in [-0.2, -0.15) is 0 Å². The number of hydrogen-bond donors (Lipinski definition) is 0. The molecule has 136 valence electrons. The first-order valence-electron chi connectivity index (χ1n) is 8.74. The van der Waals surface area contributed by atoms with Crippen molar-refractivity contribution in [1.29, 1.82) is 0 Å². The Morgan fingerprint density at radius 2 is 1.54 bits per heavy atom. The van der Waals surface area contributed by atoms with E-state index in [1.807, 2.05) is 0 Å². The zero-order valence-corrected chi connectivity index (χ0v) is 15.9. The molecule has 0 spiro atoms. The van der Waals surface area contributed by atoms with Gasteiger partial charge in [-0.3, -0.25) is 9.59 Å². The molecule has 0 aromatic heterocycles. The van der Waals surface area contributed by atoms with Gasteiger partial charge in [0.2, 0.25) is 0 Å². The van der Waals surface area contributed by atoms with E-state index in [-0.39, 0.29) is 11.6 Å². The van der Waals surface area contributed by atoms with Gasteiger partial charge in [-0.1, -0.05) is 23.2 Å².